The fraction of sp³-hybridized carbons (Fsp3) is 0. The fourth-order valence-electron chi connectivity index (χ4n) is 6.13. The van der Waals surface area contributed by atoms with E-state index in [1.807, 2.05) is 11.3 Å². The average molecular weight is 580 g/mol. The molecule has 2 heteroatoms. The minimum Gasteiger partial charge on any atom is -0.310 e. The number of hydrogen-bond donors (Lipinski definition) is 0. The zero-order valence-corrected chi connectivity index (χ0v) is 24.9. The highest BCUT2D eigenvalue weighted by Crippen LogP contribution is 2.41. The van der Waals surface area contributed by atoms with Crippen LogP contribution in [0, 0.1) is 0 Å². The van der Waals surface area contributed by atoms with E-state index < -0.39 is 0 Å². The van der Waals surface area contributed by atoms with E-state index in [0.29, 0.717) is 0 Å². The van der Waals surface area contributed by atoms with Crippen molar-refractivity contribution in [1.29, 1.82) is 0 Å². The Labute approximate surface area is 261 Å². The number of thiophene rings is 1. The highest BCUT2D eigenvalue weighted by molar-refractivity contribution is 7.25. The normalized spacial score (nSPS) is 11.2. The molecule has 0 aliphatic rings. The van der Waals surface area contributed by atoms with Gasteiger partial charge in [0, 0.05) is 37.2 Å². The molecule has 0 atom stereocenters. The van der Waals surface area contributed by atoms with Crippen LogP contribution in [0.3, 0.4) is 0 Å². The summed E-state index contributed by atoms with van der Waals surface area (Å²) in [5.74, 6) is 0. The molecule has 8 aromatic rings. The number of fused-ring (bicyclic) bond motifs is 3. The van der Waals surface area contributed by atoms with E-state index in [1.165, 1.54) is 53.6 Å². The van der Waals surface area contributed by atoms with Gasteiger partial charge >= 0.3 is 0 Å². The summed E-state index contributed by atoms with van der Waals surface area (Å²) < 4.78 is 2.62. The lowest BCUT2D eigenvalue weighted by Crippen LogP contribution is -2.09. The molecule has 0 aliphatic heterocycles. The molecule has 8 rings (SSSR count). The molecule has 0 N–H and O–H groups in total. The third-order valence-electron chi connectivity index (χ3n) is 8.28. The highest BCUT2D eigenvalue weighted by Gasteiger charge is 2.15. The predicted octanol–water partition coefficient (Wildman–Crippen LogP) is 12.5. The van der Waals surface area contributed by atoms with Crippen LogP contribution in [0.25, 0.3) is 53.6 Å². The third-order valence-corrected chi connectivity index (χ3v) is 9.42. The van der Waals surface area contributed by atoms with Gasteiger partial charge in [0.15, 0.2) is 0 Å². The van der Waals surface area contributed by atoms with Gasteiger partial charge in [-0.1, -0.05) is 127 Å². The molecule has 0 spiro atoms. The number of anilines is 3. The molecule has 1 aromatic heterocycles. The number of para-hydroxylation sites is 1. The molecule has 0 radical (unpaired) electrons. The minimum atomic E-state index is 1.13. The molecule has 7 aromatic carbocycles. The Balaban J connectivity index is 1.20. The van der Waals surface area contributed by atoms with Gasteiger partial charge in [0.05, 0.1) is 0 Å². The SMILES string of the molecule is c1ccc(-c2ccc(-c3ccc(N(c4ccccc4)c4ccc5c(c4)sc4ccccc45)cc3)cc2-c2ccccc2)cc1. The first-order valence-corrected chi connectivity index (χ1v) is 15.8. The lowest BCUT2D eigenvalue weighted by atomic mass is 9.91. The van der Waals surface area contributed by atoms with Crippen molar-refractivity contribution in [2.24, 2.45) is 0 Å². The Morgan fingerprint density at radius 2 is 0.864 bits per heavy atom. The van der Waals surface area contributed by atoms with E-state index in [1.54, 1.807) is 0 Å². The van der Waals surface area contributed by atoms with Gasteiger partial charge in [-0.05, 0) is 81.9 Å². The number of hydrogen-bond acceptors (Lipinski definition) is 2. The predicted molar refractivity (Wildman–Crippen MR) is 190 cm³/mol. The van der Waals surface area contributed by atoms with E-state index in [9.17, 15) is 0 Å². The zero-order valence-electron chi connectivity index (χ0n) is 24.1. The first kappa shape index (κ1) is 26.2. The Morgan fingerprint density at radius 1 is 0.318 bits per heavy atom. The second-order valence-corrected chi connectivity index (χ2v) is 12.1. The average Bonchev–Trinajstić information content (AvgIpc) is 3.48. The standard InChI is InChI=1S/C42H29NS/c1-4-12-31(13-5-1)37-26-22-33(28-40(37)32-14-6-2-7-15-32)30-20-23-35(24-21-30)43(34-16-8-3-9-17-34)36-25-27-39-38-18-10-11-19-41(38)44-42(39)29-36/h1-29H. The smallest absolute Gasteiger partial charge is 0.0476 e. The molecule has 0 amide bonds. The summed E-state index contributed by atoms with van der Waals surface area (Å²) >= 11 is 1.86. The van der Waals surface area contributed by atoms with Crippen molar-refractivity contribution in [3.63, 3.8) is 0 Å². The van der Waals surface area contributed by atoms with Gasteiger partial charge in [0.25, 0.3) is 0 Å². The van der Waals surface area contributed by atoms with Crippen LogP contribution in [0.15, 0.2) is 176 Å². The van der Waals surface area contributed by atoms with Gasteiger partial charge < -0.3 is 4.90 Å². The first-order chi connectivity index (χ1) is 21.8. The van der Waals surface area contributed by atoms with Crippen LogP contribution in [0.2, 0.25) is 0 Å². The largest absolute Gasteiger partial charge is 0.310 e. The van der Waals surface area contributed by atoms with Gasteiger partial charge in [-0.25, -0.2) is 0 Å². The number of rotatable bonds is 6. The molecule has 1 nitrogen and oxygen atoms in total. The van der Waals surface area contributed by atoms with Crippen molar-refractivity contribution in [2.45, 2.75) is 0 Å². The van der Waals surface area contributed by atoms with Crippen molar-refractivity contribution in [1.82, 2.24) is 0 Å². The van der Waals surface area contributed by atoms with E-state index in [2.05, 4.69) is 181 Å². The second kappa shape index (κ2) is 11.3. The second-order valence-electron chi connectivity index (χ2n) is 11.0. The van der Waals surface area contributed by atoms with Crippen LogP contribution >= 0.6 is 11.3 Å². The van der Waals surface area contributed by atoms with Crippen molar-refractivity contribution in [3.05, 3.63) is 176 Å². The van der Waals surface area contributed by atoms with E-state index in [4.69, 9.17) is 0 Å². The molecule has 1 heterocycles. The lowest BCUT2D eigenvalue weighted by Gasteiger charge is -2.25. The monoisotopic (exact) mass is 579 g/mol. The maximum atomic E-state index is 2.35. The summed E-state index contributed by atoms with van der Waals surface area (Å²) in [5, 5.41) is 2.63. The minimum absolute atomic E-state index is 1.13. The van der Waals surface area contributed by atoms with E-state index in [0.717, 1.165) is 17.1 Å². The maximum Gasteiger partial charge on any atom is 0.0476 e. The lowest BCUT2D eigenvalue weighted by molar-refractivity contribution is 1.29. The summed E-state index contributed by atoms with van der Waals surface area (Å²) in [6.45, 7) is 0. The number of benzene rings is 7. The summed E-state index contributed by atoms with van der Waals surface area (Å²) in [4.78, 5) is 2.35. The van der Waals surface area contributed by atoms with E-state index >= 15 is 0 Å². The van der Waals surface area contributed by atoms with Crippen molar-refractivity contribution in [3.8, 4) is 33.4 Å². The van der Waals surface area contributed by atoms with Crippen LogP contribution in [-0.4, -0.2) is 0 Å². The summed E-state index contributed by atoms with van der Waals surface area (Å²) in [6.07, 6.45) is 0. The van der Waals surface area contributed by atoms with Crippen LogP contribution in [0.4, 0.5) is 17.1 Å². The molecule has 208 valence electrons. The molecule has 0 aliphatic carbocycles. The Morgan fingerprint density at radius 3 is 1.59 bits per heavy atom. The molecule has 0 bridgehead atoms. The Kier molecular flexibility index (Phi) is 6.75. The molecule has 0 unspecified atom stereocenters. The van der Waals surface area contributed by atoms with Crippen molar-refractivity contribution < 1.29 is 0 Å². The quantitative estimate of drug-likeness (QED) is 0.189. The maximum absolute atomic E-state index is 2.35. The third kappa shape index (κ3) is 4.86. The van der Waals surface area contributed by atoms with Gasteiger partial charge in [-0.15, -0.1) is 11.3 Å². The van der Waals surface area contributed by atoms with Gasteiger partial charge in [0.1, 0.15) is 0 Å². The highest BCUT2D eigenvalue weighted by atomic mass is 32.1. The topological polar surface area (TPSA) is 3.24 Å². The zero-order chi connectivity index (χ0) is 29.3. The van der Waals surface area contributed by atoms with Gasteiger partial charge in [-0.2, -0.15) is 0 Å². The van der Waals surface area contributed by atoms with Crippen LogP contribution < -0.4 is 4.90 Å². The van der Waals surface area contributed by atoms with Gasteiger partial charge in [-0.3, -0.25) is 0 Å². The molecule has 0 saturated carbocycles. The molecular weight excluding hydrogens is 551 g/mol. The first-order valence-electron chi connectivity index (χ1n) is 14.9. The molecule has 0 saturated heterocycles. The van der Waals surface area contributed by atoms with Crippen LogP contribution in [0.5, 0.6) is 0 Å². The number of nitrogens with zero attached hydrogens (tertiary/aromatic N) is 1. The molecule has 0 fully saturated rings. The summed E-state index contributed by atoms with van der Waals surface area (Å²) in [5.41, 5.74) is 10.7. The summed E-state index contributed by atoms with van der Waals surface area (Å²) in [7, 11) is 0. The molecular formula is C42H29NS. The van der Waals surface area contributed by atoms with Crippen molar-refractivity contribution in [2.75, 3.05) is 4.90 Å². The Hall–Kier alpha value is -5.44. The van der Waals surface area contributed by atoms with Crippen molar-refractivity contribution >= 4 is 48.6 Å². The van der Waals surface area contributed by atoms with E-state index in [-0.39, 0.29) is 0 Å². The van der Waals surface area contributed by atoms with Crippen LogP contribution in [-0.2, 0) is 0 Å². The molecule has 44 heavy (non-hydrogen) atoms. The van der Waals surface area contributed by atoms with Gasteiger partial charge in [0.2, 0.25) is 0 Å². The van der Waals surface area contributed by atoms with Crippen LogP contribution in [0.1, 0.15) is 0 Å². The summed E-state index contributed by atoms with van der Waals surface area (Å²) in [6, 6.07) is 63.3. The fourth-order valence-corrected chi connectivity index (χ4v) is 7.27. The Bertz CT molecular complexity index is 2200.